The fourth-order valence-electron chi connectivity index (χ4n) is 4.02. The van der Waals surface area contributed by atoms with Gasteiger partial charge in [-0.2, -0.15) is 4.98 Å². The van der Waals surface area contributed by atoms with E-state index in [2.05, 4.69) is 15.5 Å². The van der Waals surface area contributed by atoms with E-state index >= 15 is 0 Å². The smallest absolute Gasteiger partial charge is 0.326 e. The van der Waals surface area contributed by atoms with Crippen molar-refractivity contribution in [1.82, 2.24) is 15.5 Å². The van der Waals surface area contributed by atoms with Crippen molar-refractivity contribution >= 4 is 17.3 Å². The molecule has 7 heteroatoms. The average Bonchev–Trinajstić information content (AvgIpc) is 3.35. The third kappa shape index (κ3) is 3.85. The van der Waals surface area contributed by atoms with Gasteiger partial charge in [0.25, 0.3) is 5.89 Å². The molecule has 164 valence electrons. The summed E-state index contributed by atoms with van der Waals surface area (Å²) in [4.78, 5) is 19.5. The predicted octanol–water partition coefficient (Wildman–Crippen LogP) is 5.45. The normalized spacial score (nSPS) is 16.0. The average molecular weight is 438 g/mol. The van der Waals surface area contributed by atoms with Crippen LogP contribution in [-0.4, -0.2) is 23.3 Å². The highest BCUT2D eigenvalue weighted by Crippen LogP contribution is 2.39. The summed E-state index contributed by atoms with van der Waals surface area (Å²) in [7, 11) is 1.61. The summed E-state index contributed by atoms with van der Waals surface area (Å²) in [6, 6.07) is 26.1. The number of rotatable bonds is 5. The minimum atomic E-state index is -0.433. The second kappa shape index (κ2) is 8.63. The van der Waals surface area contributed by atoms with Gasteiger partial charge >= 0.3 is 6.03 Å². The minimum absolute atomic E-state index is 0.219. The molecule has 3 aromatic carbocycles. The van der Waals surface area contributed by atoms with Crippen LogP contribution in [0.1, 0.15) is 24.4 Å². The molecule has 1 N–H and O–H groups in total. The van der Waals surface area contributed by atoms with E-state index in [4.69, 9.17) is 9.26 Å². The van der Waals surface area contributed by atoms with Crippen LogP contribution in [0.25, 0.3) is 17.0 Å². The highest BCUT2D eigenvalue weighted by molar-refractivity contribution is 6.01. The zero-order valence-electron chi connectivity index (χ0n) is 18.2. The number of hydrogen-bond donors (Lipinski definition) is 1. The van der Waals surface area contributed by atoms with Crippen molar-refractivity contribution in [2.75, 3.05) is 12.0 Å². The number of aromatic nitrogens is 2. The van der Waals surface area contributed by atoms with E-state index in [1.807, 2.05) is 91.9 Å². The quantitative estimate of drug-likeness (QED) is 0.448. The van der Waals surface area contributed by atoms with E-state index < -0.39 is 6.04 Å². The standard InChI is InChI=1S/C26H22N4O3/c1-17-22(25-28-24(29-33-25)19-12-9-15-21(16-19)32-2)23(18-10-5-3-6-11-18)27-26(31)30(17)20-13-7-4-8-14-20/h3-16,23H,1-2H3,(H,27,31). The van der Waals surface area contributed by atoms with Crippen molar-refractivity contribution in [2.45, 2.75) is 13.0 Å². The number of anilines is 1. The van der Waals surface area contributed by atoms with Crippen LogP contribution in [-0.2, 0) is 0 Å². The van der Waals surface area contributed by atoms with Gasteiger partial charge < -0.3 is 14.6 Å². The number of hydrogen-bond acceptors (Lipinski definition) is 5. The van der Waals surface area contributed by atoms with Crippen molar-refractivity contribution in [3.8, 4) is 17.1 Å². The summed E-state index contributed by atoms with van der Waals surface area (Å²) in [5.74, 6) is 1.50. The molecule has 0 aliphatic carbocycles. The molecule has 0 saturated carbocycles. The third-order valence-electron chi connectivity index (χ3n) is 5.62. The number of urea groups is 1. The molecule has 4 aromatic rings. The molecule has 1 aromatic heterocycles. The first-order valence-electron chi connectivity index (χ1n) is 10.6. The zero-order chi connectivity index (χ0) is 22.8. The molecule has 5 rings (SSSR count). The van der Waals surface area contributed by atoms with Gasteiger partial charge in [-0.3, -0.25) is 4.90 Å². The first-order valence-corrected chi connectivity index (χ1v) is 10.6. The minimum Gasteiger partial charge on any atom is -0.497 e. The number of amides is 2. The zero-order valence-corrected chi connectivity index (χ0v) is 18.2. The lowest BCUT2D eigenvalue weighted by molar-refractivity contribution is 0.244. The topological polar surface area (TPSA) is 80.5 Å². The van der Waals surface area contributed by atoms with Gasteiger partial charge in [0.2, 0.25) is 5.82 Å². The Kier molecular flexibility index (Phi) is 5.36. The van der Waals surface area contributed by atoms with Gasteiger partial charge in [-0.15, -0.1) is 0 Å². The van der Waals surface area contributed by atoms with E-state index in [0.29, 0.717) is 17.5 Å². The van der Waals surface area contributed by atoms with Crippen molar-refractivity contribution in [1.29, 1.82) is 0 Å². The number of para-hydroxylation sites is 1. The SMILES string of the molecule is COc1cccc(-c2noc(C3=C(C)N(c4ccccc4)C(=O)NC3c3ccccc3)n2)c1. The van der Waals surface area contributed by atoms with Gasteiger partial charge in [0.15, 0.2) is 0 Å². The molecule has 1 aliphatic rings. The molecule has 0 fully saturated rings. The number of methoxy groups -OCH3 is 1. The van der Waals surface area contributed by atoms with Gasteiger partial charge in [-0.1, -0.05) is 65.8 Å². The van der Waals surface area contributed by atoms with Gasteiger partial charge in [0, 0.05) is 11.3 Å². The number of carbonyl (C=O) groups excluding carboxylic acids is 1. The summed E-state index contributed by atoms with van der Waals surface area (Å²) < 4.78 is 11.1. The van der Waals surface area contributed by atoms with Gasteiger partial charge in [-0.05, 0) is 36.8 Å². The number of nitrogens with zero attached hydrogens (tertiary/aromatic N) is 3. The Hall–Kier alpha value is -4.39. The first-order chi connectivity index (χ1) is 16.2. The molecule has 1 unspecified atom stereocenters. The highest BCUT2D eigenvalue weighted by Gasteiger charge is 2.36. The summed E-state index contributed by atoms with van der Waals surface area (Å²) in [6.07, 6.45) is 0. The molecule has 0 radical (unpaired) electrons. The van der Waals surface area contributed by atoms with Crippen molar-refractivity contribution in [3.63, 3.8) is 0 Å². The molecule has 1 atom stereocenters. The lowest BCUT2D eigenvalue weighted by atomic mass is 9.94. The van der Waals surface area contributed by atoms with Crippen molar-refractivity contribution in [3.05, 3.63) is 102 Å². The summed E-state index contributed by atoms with van der Waals surface area (Å²) in [5.41, 5.74) is 3.92. The van der Waals surface area contributed by atoms with Crippen LogP contribution >= 0.6 is 0 Å². The van der Waals surface area contributed by atoms with E-state index in [-0.39, 0.29) is 6.03 Å². The molecular formula is C26H22N4O3. The highest BCUT2D eigenvalue weighted by atomic mass is 16.5. The number of nitrogens with one attached hydrogen (secondary N) is 1. The molecule has 33 heavy (non-hydrogen) atoms. The van der Waals surface area contributed by atoms with Gasteiger partial charge in [-0.25, -0.2) is 4.79 Å². The van der Waals surface area contributed by atoms with E-state index in [1.165, 1.54) is 0 Å². The number of allylic oxidation sites excluding steroid dienone is 1. The Morgan fingerprint density at radius 2 is 1.70 bits per heavy atom. The lowest BCUT2D eigenvalue weighted by Crippen LogP contribution is -2.46. The van der Waals surface area contributed by atoms with Crippen molar-refractivity contribution < 1.29 is 14.1 Å². The Labute approximate surface area is 191 Å². The second-order valence-corrected chi connectivity index (χ2v) is 7.62. The van der Waals surface area contributed by atoms with Crippen molar-refractivity contribution in [2.24, 2.45) is 0 Å². The fraction of sp³-hybridized carbons (Fsp3) is 0.115. The van der Waals surface area contributed by atoms with Crippen LogP contribution in [0.2, 0.25) is 0 Å². The van der Waals surface area contributed by atoms with Crippen LogP contribution in [0.3, 0.4) is 0 Å². The monoisotopic (exact) mass is 438 g/mol. The van der Waals surface area contributed by atoms with E-state index in [9.17, 15) is 4.79 Å². The Balaban J connectivity index is 1.64. The van der Waals surface area contributed by atoms with Crippen LogP contribution in [0.5, 0.6) is 5.75 Å². The molecule has 1 aliphatic heterocycles. The van der Waals surface area contributed by atoms with Gasteiger partial charge in [0.1, 0.15) is 5.75 Å². The summed E-state index contributed by atoms with van der Waals surface area (Å²) in [5, 5.41) is 7.32. The molecule has 0 spiro atoms. The molecular weight excluding hydrogens is 416 g/mol. The molecule has 2 amide bonds. The predicted molar refractivity (Wildman–Crippen MR) is 126 cm³/mol. The van der Waals surface area contributed by atoms with Gasteiger partial charge in [0.05, 0.1) is 24.4 Å². The number of benzene rings is 3. The number of ether oxygens (including phenoxy) is 1. The molecule has 7 nitrogen and oxygen atoms in total. The van der Waals surface area contributed by atoms with Crippen LogP contribution in [0, 0.1) is 0 Å². The van der Waals surface area contributed by atoms with E-state index in [1.54, 1.807) is 12.0 Å². The third-order valence-corrected chi connectivity index (χ3v) is 5.62. The number of carbonyl (C=O) groups is 1. The Morgan fingerprint density at radius 3 is 2.42 bits per heavy atom. The largest absolute Gasteiger partial charge is 0.497 e. The maximum absolute atomic E-state index is 13.2. The van der Waals surface area contributed by atoms with Crippen LogP contribution in [0.4, 0.5) is 10.5 Å². The van der Waals surface area contributed by atoms with E-state index in [0.717, 1.165) is 28.1 Å². The lowest BCUT2D eigenvalue weighted by Gasteiger charge is -2.35. The fourth-order valence-corrected chi connectivity index (χ4v) is 4.02. The maximum Gasteiger partial charge on any atom is 0.326 e. The molecule has 2 heterocycles. The Morgan fingerprint density at radius 1 is 0.970 bits per heavy atom. The first kappa shape index (κ1) is 20.5. The van der Waals surface area contributed by atoms with Crippen LogP contribution < -0.4 is 15.0 Å². The Bertz CT molecular complexity index is 1320. The summed E-state index contributed by atoms with van der Waals surface area (Å²) in [6.45, 7) is 1.90. The molecule has 0 saturated heterocycles. The summed E-state index contributed by atoms with van der Waals surface area (Å²) >= 11 is 0. The molecule has 0 bridgehead atoms. The second-order valence-electron chi connectivity index (χ2n) is 7.62. The maximum atomic E-state index is 13.2. The van der Waals surface area contributed by atoms with Crippen LogP contribution in [0.15, 0.2) is 95.1 Å².